The monoisotopic (exact) mass is 289 g/mol. The Labute approximate surface area is 113 Å². The number of likely N-dealkylation sites (tertiary alicyclic amines) is 1. The van der Waals surface area contributed by atoms with Gasteiger partial charge in [0.25, 0.3) is 0 Å². The smallest absolute Gasteiger partial charge is 0.480 e. The second-order valence-corrected chi connectivity index (χ2v) is 4.66. The Balaban J connectivity index is 2.06. The summed E-state index contributed by atoms with van der Waals surface area (Å²) in [7, 11) is 0. The van der Waals surface area contributed by atoms with Crippen LogP contribution < -0.4 is 4.74 Å². The third-order valence-corrected chi connectivity index (χ3v) is 3.17. The van der Waals surface area contributed by atoms with Crippen LogP contribution in [-0.4, -0.2) is 34.9 Å². The molecule has 1 atom stereocenters. The number of carbonyl (C=O) groups is 1. The van der Waals surface area contributed by atoms with Crippen LogP contribution in [0, 0.1) is 0 Å². The molecule has 1 aromatic carbocycles. The van der Waals surface area contributed by atoms with Crippen LogP contribution in [0.1, 0.15) is 18.4 Å². The number of alkyl halides is 3. The zero-order chi connectivity index (χ0) is 14.8. The summed E-state index contributed by atoms with van der Waals surface area (Å²) >= 11 is 0. The molecule has 0 saturated carbocycles. The Morgan fingerprint density at radius 3 is 2.85 bits per heavy atom. The average Bonchev–Trinajstić information content (AvgIpc) is 2.75. The van der Waals surface area contributed by atoms with E-state index in [2.05, 4.69) is 4.74 Å². The molecule has 1 aliphatic heterocycles. The van der Waals surface area contributed by atoms with Crippen LogP contribution >= 0.6 is 0 Å². The number of benzene rings is 1. The van der Waals surface area contributed by atoms with Gasteiger partial charge in [-0.15, -0.1) is 13.2 Å². The molecule has 110 valence electrons. The minimum Gasteiger partial charge on any atom is -0.480 e. The van der Waals surface area contributed by atoms with E-state index < -0.39 is 18.4 Å². The standard InChI is InChI=1S/C13H14F3NO3/c14-13(15,16)20-10-4-1-3-9(7-10)8-17-6-2-5-11(17)12(18)19/h1,3-4,7,11H,2,5-6,8H2,(H,18,19)/t11-/m0/s1. The minimum absolute atomic E-state index is 0.291. The first kappa shape index (κ1) is 14.6. The highest BCUT2D eigenvalue weighted by molar-refractivity contribution is 5.73. The summed E-state index contributed by atoms with van der Waals surface area (Å²) in [5, 5.41) is 9.05. The van der Waals surface area contributed by atoms with Gasteiger partial charge in [-0.3, -0.25) is 9.69 Å². The predicted octanol–water partition coefficient (Wildman–Crippen LogP) is 2.63. The van der Waals surface area contributed by atoms with Crippen LogP contribution in [0.15, 0.2) is 24.3 Å². The summed E-state index contributed by atoms with van der Waals surface area (Å²) in [6, 6.07) is 5.05. The van der Waals surface area contributed by atoms with Crippen LogP contribution in [-0.2, 0) is 11.3 Å². The first-order chi connectivity index (χ1) is 9.35. The van der Waals surface area contributed by atoms with Gasteiger partial charge in [-0.25, -0.2) is 0 Å². The third-order valence-electron chi connectivity index (χ3n) is 3.17. The number of rotatable bonds is 4. The topological polar surface area (TPSA) is 49.8 Å². The molecule has 1 aliphatic rings. The number of nitrogens with zero attached hydrogens (tertiary/aromatic N) is 1. The Bertz CT molecular complexity index is 490. The van der Waals surface area contributed by atoms with E-state index in [1.807, 2.05) is 0 Å². The van der Waals surface area contributed by atoms with Crippen molar-refractivity contribution in [3.05, 3.63) is 29.8 Å². The molecule has 0 bridgehead atoms. The fraction of sp³-hybridized carbons (Fsp3) is 0.462. The van der Waals surface area contributed by atoms with Crippen LogP contribution in [0.2, 0.25) is 0 Å². The molecule has 1 N–H and O–H groups in total. The molecule has 0 aliphatic carbocycles. The first-order valence-corrected chi connectivity index (χ1v) is 6.17. The van der Waals surface area contributed by atoms with Gasteiger partial charge < -0.3 is 9.84 Å². The van der Waals surface area contributed by atoms with Crippen molar-refractivity contribution in [2.75, 3.05) is 6.54 Å². The van der Waals surface area contributed by atoms with Crippen molar-refractivity contribution in [3.8, 4) is 5.75 Å². The molecule has 2 rings (SSSR count). The van der Waals surface area contributed by atoms with Crippen LogP contribution in [0.25, 0.3) is 0 Å². The highest BCUT2D eigenvalue weighted by Crippen LogP contribution is 2.25. The highest BCUT2D eigenvalue weighted by atomic mass is 19.4. The fourth-order valence-corrected chi connectivity index (χ4v) is 2.37. The molecule has 4 nitrogen and oxygen atoms in total. The van der Waals surface area contributed by atoms with Crippen LogP contribution in [0.5, 0.6) is 5.75 Å². The zero-order valence-electron chi connectivity index (χ0n) is 10.6. The van der Waals surface area contributed by atoms with E-state index in [9.17, 15) is 18.0 Å². The lowest BCUT2D eigenvalue weighted by Crippen LogP contribution is -2.35. The van der Waals surface area contributed by atoms with E-state index in [-0.39, 0.29) is 5.75 Å². The van der Waals surface area contributed by atoms with Crippen molar-refractivity contribution in [3.63, 3.8) is 0 Å². The minimum atomic E-state index is -4.73. The number of carboxylic acid groups (broad SMARTS) is 1. The van der Waals surface area contributed by atoms with Gasteiger partial charge in [0.1, 0.15) is 11.8 Å². The lowest BCUT2D eigenvalue weighted by atomic mass is 10.1. The number of ether oxygens (including phenoxy) is 1. The molecular formula is C13H14F3NO3. The van der Waals surface area contributed by atoms with Gasteiger partial charge in [-0.1, -0.05) is 12.1 Å². The number of carboxylic acids is 1. The number of halogens is 3. The summed E-state index contributed by atoms with van der Waals surface area (Å²) < 4.78 is 40.3. The predicted molar refractivity (Wildman–Crippen MR) is 64.2 cm³/mol. The summed E-state index contributed by atoms with van der Waals surface area (Å²) in [5.74, 6) is -1.19. The zero-order valence-corrected chi connectivity index (χ0v) is 10.6. The van der Waals surface area contributed by atoms with Crippen molar-refractivity contribution in [2.24, 2.45) is 0 Å². The van der Waals surface area contributed by atoms with E-state index in [0.717, 1.165) is 6.42 Å². The fourth-order valence-electron chi connectivity index (χ4n) is 2.37. The third kappa shape index (κ3) is 3.86. The van der Waals surface area contributed by atoms with Crippen molar-refractivity contribution in [1.82, 2.24) is 4.90 Å². The van der Waals surface area contributed by atoms with E-state index in [1.54, 1.807) is 11.0 Å². The SMILES string of the molecule is O=C(O)[C@@H]1CCCN1Cc1cccc(OC(F)(F)F)c1. The lowest BCUT2D eigenvalue weighted by molar-refractivity contribution is -0.274. The molecule has 0 unspecified atom stereocenters. The van der Waals surface area contributed by atoms with Crippen LogP contribution in [0.3, 0.4) is 0 Å². The largest absolute Gasteiger partial charge is 0.573 e. The molecule has 0 spiro atoms. The molecule has 20 heavy (non-hydrogen) atoms. The van der Waals surface area contributed by atoms with Gasteiger partial charge in [0.2, 0.25) is 0 Å². The maximum atomic E-state index is 12.1. The van der Waals surface area contributed by atoms with Gasteiger partial charge in [-0.05, 0) is 37.1 Å². The Hall–Kier alpha value is -1.76. The van der Waals surface area contributed by atoms with Gasteiger partial charge in [0.05, 0.1) is 0 Å². The first-order valence-electron chi connectivity index (χ1n) is 6.17. The van der Waals surface area contributed by atoms with Gasteiger partial charge >= 0.3 is 12.3 Å². The normalized spacial score (nSPS) is 20.1. The van der Waals surface area contributed by atoms with Crippen molar-refractivity contribution >= 4 is 5.97 Å². The number of aliphatic carboxylic acids is 1. The molecule has 0 amide bonds. The molecule has 1 saturated heterocycles. The average molecular weight is 289 g/mol. The van der Waals surface area contributed by atoms with Crippen molar-refractivity contribution in [1.29, 1.82) is 0 Å². The summed E-state index contributed by atoms with van der Waals surface area (Å²) in [5.41, 5.74) is 0.597. The summed E-state index contributed by atoms with van der Waals surface area (Å²) in [4.78, 5) is 12.8. The molecule has 1 heterocycles. The van der Waals surface area contributed by atoms with Crippen molar-refractivity contribution in [2.45, 2.75) is 31.8 Å². The Morgan fingerprint density at radius 2 is 2.20 bits per heavy atom. The summed E-state index contributed by atoms with van der Waals surface area (Å²) in [6.07, 6.45) is -3.39. The maximum Gasteiger partial charge on any atom is 0.573 e. The van der Waals surface area contributed by atoms with E-state index in [4.69, 9.17) is 5.11 Å². The second kappa shape index (κ2) is 5.70. The van der Waals surface area contributed by atoms with E-state index in [0.29, 0.717) is 25.1 Å². The molecule has 0 radical (unpaired) electrons. The second-order valence-electron chi connectivity index (χ2n) is 4.66. The highest BCUT2D eigenvalue weighted by Gasteiger charge is 2.32. The Morgan fingerprint density at radius 1 is 1.45 bits per heavy atom. The quantitative estimate of drug-likeness (QED) is 0.925. The Kier molecular flexibility index (Phi) is 4.17. The molecule has 7 heteroatoms. The van der Waals surface area contributed by atoms with E-state index in [1.165, 1.54) is 18.2 Å². The van der Waals surface area contributed by atoms with Gasteiger partial charge in [0, 0.05) is 6.54 Å². The molecule has 1 fully saturated rings. The number of hydrogen-bond acceptors (Lipinski definition) is 3. The summed E-state index contributed by atoms with van der Waals surface area (Å²) in [6.45, 7) is 0.924. The van der Waals surface area contributed by atoms with Crippen LogP contribution in [0.4, 0.5) is 13.2 Å². The lowest BCUT2D eigenvalue weighted by Gasteiger charge is -2.21. The molecular weight excluding hydrogens is 275 g/mol. The molecule has 0 aromatic heterocycles. The van der Waals surface area contributed by atoms with Gasteiger partial charge in [-0.2, -0.15) is 0 Å². The number of hydrogen-bond donors (Lipinski definition) is 1. The van der Waals surface area contributed by atoms with Crippen molar-refractivity contribution < 1.29 is 27.8 Å². The maximum absolute atomic E-state index is 12.1. The molecule has 1 aromatic rings. The van der Waals surface area contributed by atoms with E-state index >= 15 is 0 Å². The van der Waals surface area contributed by atoms with Gasteiger partial charge in [0.15, 0.2) is 0 Å².